The van der Waals surface area contributed by atoms with Crippen LogP contribution in [0.2, 0.25) is 0 Å². The summed E-state index contributed by atoms with van der Waals surface area (Å²) in [7, 11) is 8.02. The molecule has 0 fully saturated rings. The third-order valence-electron chi connectivity index (χ3n) is 11.5. The molecule has 0 radical (unpaired) electrons. The highest BCUT2D eigenvalue weighted by Gasteiger charge is 2.22. The fraction of sp³-hybridized carbons (Fsp3) is 0.579. The van der Waals surface area contributed by atoms with Gasteiger partial charge in [-0.15, -0.1) is 6.42 Å². The lowest BCUT2D eigenvalue weighted by Crippen LogP contribution is -2.33. The van der Waals surface area contributed by atoms with Gasteiger partial charge < -0.3 is 54.0 Å². The van der Waals surface area contributed by atoms with Gasteiger partial charge in [0.15, 0.2) is 0 Å². The van der Waals surface area contributed by atoms with Gasteiger partial charge in [0, 0.05) is 78.4 Å². The molecule has 0 unspecified atom stereocenters. The number of amides is 2. The van der Waals surface area contributed by atoms with Crippen molar-refractivity contribution in [2.75, 3.05) is 93.0 Å². The predicted molar refractivity (Wildman–Crippen MR) is 404 cm³/mol. The van der Waals surface area contributed by atoms with Crippen molar-refractivity contribution in [3.8, 4) is 35.7 Å². The van der Waals surface area contributed by atoms with Crippen molar-refractivity contribution in [1.82, 2.24) is 40.2 Å². The molecule has 0 saturated carbocycles. The maximum atomic E-state index is 12.4. The van der Waals surface area contributed by atoms with Crippen LogP contribution >= 0.6 is 35.2 Å². The third-order valence-corrected chi connectivity index (χ3v) is 12.3. The molecule has 0 spiro atoms. The number of carbonyl (C=O) groups excluding carboxylic acids is 8. The summed E-state index contributed by atoms with van der Waals surface area (Å²) in [6.07, 6.45) is 6.30. The molecular weight excluding hydrogens is 1420 g/mol. The molecule has 0 bridgehead atoms. The Bertz CT molecular complexity index is 3230. The highest BCUT2D eigenvalue weighted by molar-refractivity contribution is 14.1. The van der Waals surface area contributed by atoms with E-state index < -0.39 is 34.6 Å². The van der Waals surface area contributed by atoms with Gasteiger partial charge in [0.25, 0.3) is 0 Å². The Morgan fingerprint density at radius 2 is 0.792 bits per heavy atom. The number of likely N-dealkylation sites (N-methyl/N-ethyl adjacent to an activating group) is 2. The Labute approximate surface area is 621 Å². The summed E-state index contributed by atoms with van der Waals surface area (Å²) in [5.74, 6) is 10.7. The van der Waals surface area contributed by atoms with E-state index in [1.54, 1.807) is 0 Å². The van der Waals surface area contributed by atoms with Crippen molar-refractivity contribution in [3.05, 3.63) is 116 Å². The Kier molecular flexibility index (Phi) is 46.6. The molecule has 2 aromatic carbocycles. The number of hydrogen-bond acceptors (Lipinski definition) is 22. The standard InChI is InChI=1S/C36H54N4O5.C20H34IN3O2.C16H21NO3.C2H6OS.2CO2/c1-34(2,3)26-40(11)24-30-22-28(21-29(38-30)23-39(10)25-32(41)44-35(4,5)6)14-13-27-15-17-31(18-16-27)43-20-12-19-37-33(42)45-36(7,8)9;1-19(2,3)14-24(8)12-17-10-15(21)9-16(22-17)11-23(7)13-18(25)26-20(4,5)6;1-5-13-7-9-14(10-8-13)19-12-6-11-17-15(18)20-16(2,3)4;3-1-2-4;2*2-1-3/h15-18,21-22H,12,19-20,23-26H2,1-11H3,(H,37,42);9-10H,11-14H2,1-8H3;1,7-10H,6,11-12H2,2-4H3,(H,17,18);3-4H,1-2H2;;. The molecule has 562 valence electrons. The van der Waals surface area contributed by atoms with Gasteiger partial charge in [-0.2, -0.15) is 31.8 Å². The maximum absolute atomic E-state index is 12.4. The Hall–Kier alpha value is -7.42. The van der Waals surface area contributed by atoms with Crippen LogP contribution in [0.5, 0.6) is 11.5 Å². The van der Waals surface area contributed by atoms with Crippen LogP contribution in [-0.2, 0) is 73.9 Å². The van der Waals surface area contributed by atoms with Crippen LogP contribution in [0.15, 0.2) is 72.8 Å². The summed E-state index contributed by atoms with van der Waals surface area (Å²) >= 11 is 6.00. The SMILES string of the molecule is C#Cc1ccc(OCCCNC(=O)OC(C)(C)C)cc1.CN(CC(=O)OC(C)(C)C)Cc1cc(C#Cc2ccc(OCCCNC(=O)OC(C)(C)C)cc2)cc(CN(C)CC(C)(C)C)n1.CN(CC(=O)OC(C)(C)C)Cc1cc(I)cc(CN(C)CC(C)(C)C)n1.O=C=O.O=C=O.OCCS. The first-order valence-corrected chi connectivity index (χ1v) is 34.8. The van der Waals surface area contributed by atoms with Crippen molar-refractivity contribution in [1.29, 1.82) is 0 Å². The van der Waals surface area contributed by atoms with Crippen LogP contribution in [0.4, 0.5) is 9.59 Å². The molecular formula is C76H115IN8O15S. The summed E-state index contributed by atoms with van der Waals surface area (Å²) in [6, 6.07) is 23.2. The number of thiol groups is 1. The number of aliphatic hydroxyl groups is 1. The minimum Gasteiger partial charge on any atom is -0.494 e. The summed E-state index contributed by atoms with van der Waals surface area (Å²) < 4.78 is 33.7. The number of terminal acetylenes is 1. The number of nitrogens with one attached hydrogen (secondary N) is 2. The molecule has 0 aliphatic carbocycles. The summed E-state index contributed by atoms with van der Waals surface area (Å²) in [5, 5.41) is 13.2. The molecule has 0 atom stereocenters. The van der Waals surface area contributed by atoms with E-state index in [0.717, 1.165) is 74.2 Å². The zero-order valence-electron chi connectivity index (χ0n) is 64.0. The van der Waals surface area contributed by atoms with Crippen LogP contribution in [0.25, 0.3) is 0 Å². The van der Waals surface area contributed by atoms with Crippen LogP contribution in [-0.4, -0.2) is 187 Å². The average molecular weight is 1540 g/mol. The monoisotopic (exact) mass is 1540 g/mol. The van der Waals surface area contributed by atoms with Crippen molar-refractivity contribution in [2.24, 2.45) is 10.8 Å². The molecule has 23 nitrogen and oxygen atoms in total. The van der Waals surface area contributed by atoms with Gasteiger partial charge in [-0.1, -0.05) is 59.3 Å². The van der Waals surface area contributed by atoms with E-state index in [1.807, 2.05) is 168 Å². The normalized spacial score (nSPS) is 11.2. The number of ether oxygens (including phenoxy) is 6. The molecule has 3 N–H and O–H groups in total. The smallest absolute Gasteiger partial charge is 0.407 e. The third kappa shape index (κ3) is 57.9. The van der Waals surface area contributed by atoms with E-state index in [-0.39, 0.29) is 54.8 Å². The van der Waals surface area contributed by atoms with Gasteiger partial charge >= 0.3 is 36.4 Å². The molecule has 2 aromatic heterocycles. The van der Waals surface area contributed by atoms with E-state index in [9.17, 15) is 19.2 Å². The van der Waals surface area contributed by atoms with E-state index in [4.69, 9.17) is 69.1 Å². The van der Waals surface area contributed by atoms with E-state index >= 15 is 0 Å². The Balaban J connectivity index is 0. The molecule has 101 heavy (non-hydrogen) atoms. The molecule has 0 aliphatic heterocycles. The van der Waals surface area contributed by atoms with Crippen LogP contribution < -0.4 is 20.1 Å². The first kappa shape index (κ1) is 95.6. The van der Waals surface area contributed by atoms with E-state index in [0.29, 0.717) is 64.5 Å². The maximum Gasteiger partial charge on any atom is 0.407 e. The number of aromatic nitrogens is 2. The Morgan fingerprint density at radius 3 is 1.09 bits per heavy atom. The Morgan fingerprint density at radius 1 is 0.495 bits per heavy atom. The van der Waals surface area contributed by atoms with Gasteiger partial charge in [0.05, 0.1) is 55.7 Å². The van der Waals surface area contributed by atoms with E-state index in [1.165, 1.54) is 0 Å². The quantitative estimate of drug-likeness (QED) is 0.0120. The van der Waals surface area contributed by atoms with Gasteiger partial charge in [-0.05, 0) is 230 Å². The first-order valence-electron chi connectivity index (χ1n) is 33.1. The minimum absolute atomic E-state index is 0.162. The second-order valence-electron chi connectivity index (χ2n) is 29.9. The second-order valence-corrected chi connectivity index (χ2v) is 31.6. The van der Waals surface area contributed by atoms with Crippen LogP contribution in [0.3, 0.4) is 0 Å². The predicted octanol–water partition coefficient (Wildman–Crippen LogP) is 11.7. The van der Waals surface area contributed by atoms with Crippen LogP contribution in [0.1, 0.15) is 177 Å². The highest BCUT2D eigenvalue weighted by atomic mass is 127. The average Bonchev–Trinajstić information content (AvgIpc) is 0.861. The molecule has 4 aromatic rings. The second kappa shape index (κ2) is 49.2. The molecule has 4 rings (SSSR count). The van der Waals surface area contributed by atoms with Gasteiger partial charge in [0.1, 0.15) is 33.9 Å². The number of aliphatic hydroxyl groups excluding tert-OH is 1. The molecule has 0 saturated heterocycles. The van der Waals surface area contributed by atoms with Gasteiger partial charge in [-0.25, -0.2) is 9.59 Å². The molecule has 0 aliphatic rings. The fourth-order valence-corrected chi connectivity index (χ4v) is 9.47. The van der Waals surface area contributed by atoms with Gasteiger partial charge in [0.2, 0.25) is 0 Å². The van der Waals surface area contributed by atoms with Gasteiger partial charge in [-0.3, -0.25) is 29.4 Å². The lowest BCUT2D eigenvalue weighted by Gasteiger charge is -2.26. The number of pyridine rings is 2. The molecule has 2 heterocycles. The van der Waals surface area contributed by atoms with Crippen LogP contribution in [0, 0.1) is 38.6 Å². The molecule has 2 amide bonds. The fourth-order valence-electron chi connectivity index (χ4n) is 8.75. The zero-order chi connectivity index (χ0) is 77.8. The highest BCUT2D eigenvalue weighted by Crippen LogP contribution is 2.21. The number of carbonyl (C=O) groups is 4. The number of nitrogens with zero attached hydrogens (tertiary/aromatic N) is 6. The topological polar surface area (TPSA) is 275 Å². The van der Waals surface area contributed by atoms with Crippen molar-refractivity contribution in [2.45, 2.75) is 186 Å². The summed E-state index contributed by atoms with van der Waals surface area (Å²) in [6.45, 7) is 42.7. The lowest BCUT2D eigenvalue weighted by atomic mass is 9.96. The van der Waals surface area contributed by atoms with Crippen molar-refractivity contribution < 1.29 is 71.9 Å². The number of halogens is 1. The number of benzene rings is 2. The number of esters is 2. The van der Waals surface area contributed by atoms with Crippen molar-refractivity contribution in [3.63, 3.8) is 0 Å². The summed E-state index contributed by atoms with van der Waals surface area (Å²) in [5.41, 5.74) is 4.80. The van der Waals surface area contributed by atoms with E-state index in [2.05, 4.69) is 141 Å². The number of hydrogen-bond donors (Lipinski definition) is 4. The lowest BCUT2D eigenvalue weighted by molar-refractivity contribution is -0.193. The minimum atomic E-state index is -0.526. The van der Waals surface area contributed by atoms with Crippen molar-refractivity contribution >= 4 is 71.6 Å². The first-order chi connectivity index (χ1) is 46.6. The zero-order valence-corrected chi connectivity index (χ0v) is 67.0. The molecule has 25 heteroatoms. The largest absolute Gasteiger partial charge is 0.494 e. The summed E-state index contributed by atoms with van der Waals surface area (Å²) in [4.78, 5) is 98.1. The number of alkyl carbamates (subject to hydrolysis) is 2. The number of rotatable bonds is 25.